The van der Waals surface area contributed by atoms with E-state index in [0.717, 1.165) is 42.0 Å². The molecule has 0 spiro atoms. The van der Waals surface area contributed by atoms with E-state index in [2.05, 4.69) is 66.0 Å². The molecule has 2 aromatic carbocycles. The van der Waals surface area contributed by atoms with Gasteiger partial charge < -0.3 is 19.6 Å². The monoisotopic (exact) mass is 548 g/mol. The summed E-state index contributed by atoms with van der Waals surface area (Å²) in [7, 11) is 0. The molecule has 0 unspecified atom stereocenters. The van der Waals surface area contributed by atoms with Crippen LogP contribution in [0.25, 0.3) is 21.5 Å². The number of rotatable bonds is 3. The third kappa shape index (κ3) is 5.44. The van der Waals surface area contributed by atoms with Gasteiger partial charge >= 0.3 is 5.97 Å². The molecule has 2 aromatic heterocycles. The molecule has 4 aromatic rings. The van der Waals surface area contributed by atoms with Crippen molar-refractivity contribution in [3.8, 4) is 0 Å². The molecule has 0 aliphatic carbocycles. The van der Waals surface area contributed by atoms with Crippen LogP contribution in [0.4, 0.5) is 11.6 Å². The molecule has 0 amide bonds. The molecule has 0 atom stereocenters. The standard InChI is InChI=1S/C14H15BrN2.C14H14N2O3/c15-14-12-7-3-2-6-11(12)10-13(16-14)17-8-4-1-5-9-17;17-14(18)13-11-4-2-1-3-10(11)9-12(15-13)16-5-7-19-8-6-16/h2-3,6-7,10H,1,4-5,8-9H2;1-4,9H,5-8H2,(H,17,18). The normalized spacial score (nSPS) is 16.0. The summed E-state index contributed by atoms with van der Waals surface area (Å²) in [6.07, 6.45) is 3.92. The summed E-state index contributed by atoms with van der Waals surface area (Å²) in [4.78, 5) is 24.8. The first-order valence-corrected chi connectivity index (χ1v) is 13.2. The number of pyridine rings is 2. The Morgan fingerprint density at radius 3 is 2.00 bits per heavy atom. The van der Waals surface area contributed by atoms with Crippen LogP contribution in [0.3, 0.4) is 0 Å². The van der Waals surface area contributed by atoms with Gasteiger partial charge in [0.2, 0.25) is 0 Å². The van der Waals surface area contributed by atoms with Crippen LogP contribution < -0.4 is 9.80 Å². The number of benzene rings is 2. The number of ether oxygens (including phenoxy) is 1. The molecule has 186 valence electrons. The summed E-state index contributed by atoms with van der Waals surface area (Å²) in [5.41, 5.74) is 0.111. The van der Waals surface area contributed by atoms with Gasteiger partial charge in [0.25, 0.3) is 0 Å². The maximum atomic E-state index is 11.3. The van der Waals surface area contributed by atoms with Crippen LogP contribution in [-0.2, 0) is 4.74 Å². The predicted octanol–water partition coefficient (Wildman–Crippen LogP) is 5.76. The Labute approximate surface area is 218 Å². The molecule has 2 fully saturated rings. The van der Waals surface area contributed by atoms with Crippen LogP contribution in [0.5, 0.6) is 0 Å². The number of morpholine rings is 1. The number of carboxylic acids is 1. The zero-order valence-corrected chi connectivity index (χ0v) is 21.7. The van der Waals surface area contributed by atoms with Crippen molar-refractivity contribution in [2.24, 2.45) is 0 Å². The van der Waals surface area contributed by atoms with Gasteiger partial charge in [-0.2, -0.15) is 0 Å². The topological polar surface area (TPSA) is 78.8 Å². The fraction of sp³-hybridized carbons (Fsp3) is 0.321. The molecule has 6 rings (SSSR count). The molecule has 2 saturated heterocycles. The number of carbonyl (C=O) groups is 1. The molecule has 0 saturated carbocycles. The van der Waals surface area contributed by atoms with E-state index in [0.29, 0.717) is 24.4 Å². The molecular weight excluding hydrogens is 520 g/mol. The number of aromatic carboxylic acids is 1. The van der Waals surface area contributed by atoms with E-state index in [1.807, 2.05) is 24.3 Å². The first-order chi connectivity index (χ1) is 17.6. The van der Waals surface area contributed by atoms with Gasteiger partial charge in [0.05, 0.1) is 13.2 Å². The van der Waals surface area contributed by atoms with Crippen molar-refractivity contribution in [2.75, 3.05) is 49.2 Å². The highest BCUT2D eigenvalue weighted by molar-refractivity contribution is 9.10. The zero-order valence-electron chi connectivity index (χ0n) is 20.1. The van der Waals surface area contributed by atoms with Gasteiger partial charge in [0, 0.05) is 37.0 Å². The quantitative estimate of drug-likeness (QED) is 0.326. The lowest BCUT2D eigenvalue weighted by Gasteiger charge is -2.28. The minimum atomic E-state index is -0.994. The minimum absolute atomic E-state index is 0.111. The van der Waals surface area contributed by atoms with Crippen molar-refractivity contribution in [1.82, 2.24) is 9.97 Å². The fourth-order valence-corrected chi connectivity index (χ4v) is 5.27. The maximum Gasteiger partial charge on any atom is 0.355 e. The third-order valence-electron chi connectivity index (χ3n) is 6.62. The van der Waals surface area contributed by atoms with E-state index in [1.165, 1.54) is 30.0 Å². The molecule has 0 bridgehead atoms. The van der Waals surface area contributed by atoms with Crippen LogP contribution in [0, 0.1) is 0 Å². The van der Waals surface area contributed by atoms with Crippen molar-refractivity contribution < 1.29 is 14.6 Å². The number of hydrogen-bond acceptors (Lipinski definition) is 6. The van der Waals surface area contributed by atoms with E-state index in [4.69, 9.17) is 4.74 Å². The largest absolute Gasteiger partial charge is 0.476 e. The van der Waals surface area contributed by atoms with Crippen LogP contribution in [0.1, 0.15) is 29.8 Å². The second-order valence-corrected chi connectivity index (χ2v) is 9.75. The molecule has 8 heteroatoms. The number of piperidine rings is 1. The van der Waals surface area contributed by atoms with Gasteiger partial charge in [-0.05, 0) is 58.1 Å². The van der Waals surface area contributed by atoms with Crippen molar-refractivity contribution in [3.05, 3.63) is 71.0 Å². The summed E-state index contributed by atoms with van der Waals surface area (Å²) >= 11 is 3.58. The highest BCUT2D eigenvalue weighted by Crippen LogP contribution is 2.28. The Kier molecular flexibility index (Phi) is 7.63. The fourth-order valence-electron chi connectivity index (χ4n) is 4.73. The van der Waals surface area contributed by atoms with Gasteiger partial charge in [-0.15, -0.1) is 0 Å². The minimum Gasteiger partial charge on any atom is -0.476 e. The first kappa shape index (κ1) is 24.5. The van der Waals surface area contributed by atoms with Crippen molar-refractivity contribution in [3.63, 3.8) is 0 Å². The van der Waals surface area contributed by atoms with E-state index in [1.54, 1.807) is 6.07 Å². The van der Waals surface area contributed by atoms with E-state index < -0.39 is 5.97 Å². The maximum absolute atomic E-state index is 11.3. The average molecular weight is 549 g/mol. The number of fused-ring (bicyclic) bond motifs is 2. The smallest absolute Gasteiger partial charge is 0.355 e. The van der Waals surface area contributed by atoms with Gasteiger partial charge in [0.1, 0.15) is 16.2 Å². The molecule has 36 heavy (non-hydrogen) atoms. The van der Waals surface area contributed by atoms with Crippen molar-refractivity contribution >= 4 is 55.1 Å². The van der Waals surface area contributed by atoms with Crippen LogP contribution in [0.15, 0.2) is 65.3 Å². The number of nitrogens with zero attached hydrogens (tertiary/aromatic N) is 4. The van der Waals surface area contributed by atoms with E-state index >= 15 is 0 Å². The Morgan fingerprint density at radius 1 is 0.778 bits per heavy atom. The van der Waals surface area contributed by atoms with Gasteiger partial charge in [-0.3, -0.25) is 0 Å². The predicted molar refractivity (Wildman–Crippen MR) is 147 cm³/mol. The summed E-state index contributed by atoms with van der Waals surface area (Å²) in [5.74, 6) is 0.820. The van der Waals surface area contributed by atoms with Gasteiger partial charge in [-0.25, -0.2) is 14.8 Å². The lowest BCUT2D eigenvalue weighted by Crippen LogP contribution is -2.37. The summed E-state index contributed by atoms with van der Waals surface area (Å²) < 4.78 is 6.26. The second-order valence-electron chi connectivity index (χ2n) is 8.99. The van der Waals surface area contributed by atoms with Crippen molar-refractivity contribution in [1.29, 1.82) is 0 Å². The van der Waals surface area contributed by atoms with Crippen molar-refractivity contribution in [2.45, 2.75) is 19.3 Å². The number of halogens is 1. The zero-order chi connectivity index (χ0) is 24.9. The molecule has 4 heterocycles. The van der Waals surface area contributed by atoms with Gasteiger partial charge in [0.15, 0.2) is 5.69 Å². The lowest BCUT2D eigenvalue weighted by molar-refractivity contribution is 0.0693. The van der Waals surface area contributed by atoms with E-state index in [9.17, 15) is 9.90 Å². The molecule has 2 aliphatic rings. The third-order valence-corrected chi connectivity index (χ3v) is 7.23. The second kappa shape index (κ2) is 11.2. The highest BCUT2D eigenvalue weighted by Gasteiger charge is 2.18. The van der Waals surface area contributed by atoms with Crippen LogP contribution in [0.2, 0.25) is 0 Å². The Hall–Kier alpha value is -3.23. The Bertz CT molecular complexity index is 1370. The first-order valence-electron chi connectivity index (χ1n) is 12.4. The Morgan fingerprint density at radius 2 is 1.33 bits per heavy atom. The van der Waals surface area contributed by atoms with Gasteiger partial charge in [-0.1, -0.05) is 48.5 Å². The molecule has 0 radical (unpaired) electrons. The lowest BCUT2D eigenvalue weighted by atomic mass is 10.1. The average Bonchev–Trinajstić information content (AvgIpc) is 2.93. The molecular formula is C28H29BrN4O3. The van der Waals surface area contributed by atoms with E-state index in [-0.39, 0.29) is 5.69 Å². The van der Waals surface area contributed by atoms with Crippen LogP contribution >= 0.6 is 15.9 Å². The summed E-state index contributed by atoms with van der Waals surface area (Å²) in [6.45, 7) is 5.05. The highest BCUT2D eigenvalue weighted by atomic mass is 79.9. The number of aromatic nitrogens is 2. The Balaban J connectivity index is 0.000000149. The number of carboxylic acid groups (broad SMARTS) is 1. The summed E-state index contributed by atoms with van der Waals surface area (Å²) in [6, 6.07) is 19.9. The number of hydrogen-bond donors (Lipinski definition) is 1. The molecule has 7 nitrogen and oxygen atoms in total. The number of anilines is 2. The SMILES string of the molecule is Brc1nc(N2CCCCC2)cc2ccccc12.O=C(O)c1nc(N2CCOCC2)cc2ccccc12. The van der Waals surface area contributed by atoms with Crippen LogP contribution in [-0.4, -0.2) is 60.4 Å². The molecule has 2 aliphatic heterocycles. The molecule has 1 N–H and O–H groups in total. The summed E-state index contributed by atoms with van der Waals surface area (Å²) in [5, 5.41) is 13.3.